The van der Waals surface area contributed by atoms with Gasteiger partial charge in [-0.05, 0) is 42.7 Å². The zero-order valence-corrected chi connectivity index (χ0v) is 17.7. The van der Waals surface area contributed by atoms with Crippen molar-refractivity contribution >= 4 is 16.9 Å². The number of H-pyrrole nitrogens is 1. The van der Waals surface area contributed by atoms with E-state index in [4.69, 9.17) is 18.9 Å². The monoisotopic (exact) mass is 411 g/mol. The van der Waals surface area contributed by atoms with E-state index in [9.17, 15) is 4.79 Å². The number of nitrogens with zero attached hydrogens (tertiary/aromatic N) is 2. The van der Waals surface area contributed by atoms with Crippen molar-refractivity contribution in [3.05, 3.63) is 45.7 Å². The lowest BCUT2D eigenvalue weighted by Crippen LogP contribution is -2.40. The molecule has 4 rings (SSSR count). The van der Waals surface area contributed by atoms with Crippen LogP contribution in [0.2, 0.25) is 0 Å². The number of ether oxygens (including phenoxy) is 4. The fraction of sp³-hybridized carbons (Fsp3) is 0.364. The zero-order valence-electron chi connectivity index (χ0n) is 17.7. The summed E-state index contributed by atoms with van der Waals surface area (Å²) in [7, 11) is 6.36. The Kier molecular flexibility index (Phi) is 5.15. The molecule has 0 bridgehead atoms. The number of benzene rings is 2. The van der Waals surface area contributed by atoms with Gasteiger partial charge in [-0.25, -0.2) is 0 Å². The van der Waals surface area contributed by atoms with Crippen molar-refractivity contribution in [3.8, 4) is 23.0 Å². The van der Waals surface area contributed by atoms with Crippen LogP contribution in [0, 0.1) is 0 Å². The Balaban J connectivity index is 1.78. The highest BCUT2D eigenvalue weighted by Crippen LogP contribution is 2.36. The lowest BCUT2D eigenvalue weighted by Gasteiger charge is -2.35. The van der Waals surface area contributed by atoms with E-state index >= 15 is 0 Å². The van der Waals surface area contributed by atoms with Gasteiger partial charge >= 0.3 is 0 Å². The van der Waals surface area contributed by atoms with Crippen LogP contribution in [0.5, 0.6) is 23.0 Å². The van der Waals surface area contributed by atoms with Crippen LogP contribution >= 0.6 is 0 Å². The molecule has 8 heteroatoms. The molecule has 1 N–H and O–H groups in total. The summed E-state index contributed by atoms with van der Waals surface area (Å²) >= 11 is 0. The Labute approximate surface area is 174 Å². The molecule has 158 valence electrons. The summed E-state index contributed by atoms with van der Waals surface area (Å²) < 4.78 is 21.6. The zero-order chi connectivity index (χ0) is 21.4. The number of fused-ring (bicyclic) bond motifs is 2. The molecule has 0 fully saturated rings. The van der Waals surface area contributed by atoms with Gasteiger partial charge in [0.15, 0.2) is 23.0 Å². The normalized spacial score (nSPS) is 15.6. The van der Waals surface area contributed by atoms with Gasteiger partial charge in [-0.2, -0.15) is 4.98 Å². The molecule has 1 aromatic heterocycles. The lowest BCUT2D eigenvalue weighted by molar-refractivity contribution is 0.353. The van der Waals surface area contributed by atoms with E-state index in [2.05, 4.69) is 21.8 Å². The highest BCUT2D eigenvalue weighted by molar-refractivity contribution is 5.82. The average Bonchev–Trinajstić information content (AvgIpc) is 2.76. The molecule has 0 radical (unpaired) electrons. The summed E-state index contributed by atoms with van der Waals surface area (Å²) in [5, 5.41) is 0.452. The first-order chi connectivity index (χ1) is 14.5. The van der Waals surface area contributed by atoms with Crippen molar-refractivity contribution in [3.63, 3.8) is 0 Å². The molecule has 1 aliphatic heterocycles. The van der Waals surface area contributed by atoms with Gasteiger partial charge in [-0.3, -0.25) is 4.79 Å². The molecule has 1 atom stereocenters. The summed E-state index contributed by atoms with van der Waals surface area (Å²) in [5.74, 6) is 2.96. The van der Waals surface area contributed by atoms with Gasteiger partial charge in [0.1, 0.15) is 0 Å². The summed E-state index contributed by atoms with van der Waals surface area (Å²) in [6.45, 7) is 2.71. The van der Waals surface area contributed by atoms with Gasteiger partial charge in [0.2, 0.25) is 5.95 Å². The standard InChI is InChI=1S/C22H25N3O5/c1-12-6-13-7-17(27-2)18(28-3)8-14(13)11-25(12)22-23-16-10-20(30-5)19(29-4)9-15(16)21(26)24-22/h7-10,12H,6,11H2,1-5H3,(H,23,24,26). The minimum Gasteiger partial charge on any atom is -0.493 e. The molecule has 0 amide bonds. The van der Waals surface area contributed by atoms with Gasteiger partial charge < -0.3 is 28.8 Å². The number of rotatable bonds is 5. The van der Waals surface area contributed by atoms with Crippen LogP contribution in [0.4, 0.5) is 5.95 Å². The fourth-order valence-electron chi connectivity index (χ4n) is 3.95. The summed E-state index contributed by atoms with van der Waals surface area (Å²) in [4.78, 5) is 22.5. The Bertz CT molecular complexity index is 1160. The second-order valence-corrected chi connectivity index (χ2v) is 7.28. The van der Waals surface area contributed by atoms with E-state index in [1.165, 1.54) is 12.7 Å². The average molecular weight is 411 g/mol. The summed E-state index contributed by atoms with van der Waals surface area (Å²) in [6, 6.07) is 7.56. The van der Waals surface area contributed by atoms with Crippen molar-refractivity contribution in [2.75, 3.05) is 33.3 Å². The molecule has 30 heavy (non-hydrogen) atoms. The van der Waals surface area contributed by atoms with Gasteiger partial charge in [0.25, 0.3) is 5.56 Å². The maximum absolute atomic E-state index is 12.8. The molecule has 1 aliphatic rings. The van der Waals surface area contributed by atoms with Crippen LogP contribution in [-0.4, -0.2) is 44.4 Å². The Morgan fingerprint density at radius 3 is 2.10 bits per heavy atom. The predicted octanol–water partition coefficient (Wildman–Crippen LogP) is 2.91. The number of methoxy groups -OCH3 is 4. The van der Waals surface area contributed by atoms with E-state index in [1.54, 1.807) is 33.5 Å². The highest BCUT2D eigenvalue weighted by Gasteiger charge is 2.27. The molecule has 0 aliphatic carbocycles. The number of nitrogens with one attached hydrogen (secondary N) is 1. The maximum Gasteiger partial charge on any atom is 0.282 e. The molecule has 8 nitrogen and oxygen atoms in total. The Morgan fingerprint density at radius 1 is 0.900 bits per heavy atom. The number of hydrogen-bond donors (Lipinski definition) is 1. The number of aromatic amines is 1. The molecular weight excluding hydrogens is 386 g/mol. The molecule has 2 aromatic carbocycles. The van der Waals surface area contributed by atoms with E-state index in [0.717, 1.165) is 17.7 Å². The third kappa shape index (κ3) is 3.28. The van der Waals surface area contributed by atoms with Crippen LogP contribution in [0.15, 0.2) is 29.1 Å². The largest absolute Gasteiger partial charge is 0.493 e. The number of anilines is 1. The molecular formula is C22H25N3O5. The third-order valence-electron chi connectivity index (χ3n) is 5.57. The highest BCUT2D eigenvalue weighted by atomic mass is 16.5. The van der Waals surface area contributed by atoms with Crippen molar-refractivity contribution in [1.82, 2.24) is 9.97 Å². The van der Waals surface area contributed by atoms with Crippen molar-refractivity contribution in [2.24, 2.45) is 0 Å². The second-order valence-electron chi connectivity index (χ2n) is 7.28. The second kappa shape index (κ2) is 7.78. The summed E-state index contributed by atoms with van der Waals surface area (Å²) in [6.07, 6.45) is 0.795. The first-order valence-electron chi connectivity index (χ1n) is 9.65. The van der Waals surface area contributed by atoms with E-state index in [1.807, 2.05) is 12.1 Å². The fourth-order valence-corrected chi connectivity index (χ4v) is 3.95. The Morgan fingerprint density at radius 2 is 1.47 bits per heavy atom. The van der Waals surface area contributed by atoms with Gasteiger partial charge in [-0.15, -0.1) is 0 Å². The molecule has 0 saturated carbocycles. The molecule has 3 aromatic rings. The summed E-state index contributed by atoms with van der Waals surface area (Å²) in [5.41, 5.74) is 2.64. The third-order valence-corrected chi connectivity index (χ3v) is 5.57. The number of aromatic nitrogens is 2. The van der Waals surface area contributed by atoms with E-state index in [0.29, 0.717) is 40.6 Å². The minimum atomic E-state index is -0.315. The topological polar surface area (TPSA) is 85.9 Å². The van der Waals surface area contributed by atoms with Gasteiger partial charge in [0.05, 0.1) is 39.3 Å². The van der Waals surface area contributed by atoms with Gasteiger partial charge in [0, 0.05) is 18.7 Å². The maximum atomic E-state index is 12.8. The smallest absolute Gasteiger partial charge is 0.282 e. The van der Waals surface area contributed by atoms with Crippen LogP contribution in [0.3, 0.4) is 0 Å². The van der Waals surface area contributed by atoms with Crippen LogP contribution in [0.25, 0.3) is 10.9 Å². The quantitative estimate of drug-likeness (QED) is 0.691. The first-order valence-corrected chi connectivity index (χ1v) is 9.65. The van der Waals surface area contributed by atoms with Crippen LogP contribution in [-0.2, 0) is 13.0 Å². The van der Waals surface area contributed by atoms with Gasteiger partial charge in [-0.1, -0.05) is 0 Å². The van der Waals surface area contributed by atoms with E-state index < -0.39 is 0 Å². The van der Waals surface area contributed by atoms with Crippen molar-refractivity contribution < 1.29 is 18.9 Å². The van der Waals surface area contributed by atoms with Crippen LogP contribution < -0.4 is 29.4 Å². The van der Waals surface area contributed by atoms with E-state index in [-0.39, 0.29) is 11.6 Å². The SMILES string of the molecule is COc1cc2c(cc1OC)CN(c1nc(=O)c3cc(OC)c(OC)cc3[nH]1)C(C)C2. The minimum absolute atomic E-state index is 0.136. The lowest BCUT2D eigenvalue weighted by atomic mass is 9.94. The number of hydrogen-bond acceptors (Lipinski definition) is 7. The molecule has 0 saturated heterocycles. The van der Waals surface area contributed by atoms with Crippen molar-refractivity contribution in [2.45, 2.75) is 25.9 Å². The van der Waals surface area contributed by atoms with Crippen LogP contribution in [0.1, 0.15) is 18.1 Å². The first kappa shape index (κ1) is 19.9. The Hall–Kier alpha value is -3.42. The molecule has 2 heterocycles. The molecule has 1 unspecified atom stereocenters. The van der Waals surface area contributed by atoms with Crippen molar-refractivity contribution in [1.29, 1.82) is 0 Å². The predicted molar refractivity (Wildman–Crippen MR) is 114 cm³/mol. The molecule has 0 spiro atoms.